The zero-order valence-corrected chi connectivity index (χ0v) is 12.7. The highest BCUT2D eigenvalue weighted by atomic mass is 19.1. The molecule has 7 heteroatoms. The van der Waals surface area contributed by atoms with Gasteiger partial charge in [0.05, 0.1) is 29.7 Å². The third-order valence-corrected chi connectivity index (χ3v) is 3.17. The van der Waals surface area contributed by atoms with Crippen molar-refractivity contribution in [1.29, 1.82) is 0 Å². The molecule has 0 fully saturated rings. The zero-order chi connectivity index (χ0) is 16.7. The maximum Gasteiger partial charge on any atom is 0.253 e. The molecule has 0 saturated heterocycles. The summed E-state index contributed by atoms with van der Waals surface area (Å²) in [6.45, 7) is 2.28. The number of halogens is 1. The molecule has 0 aliphatic carbocycles. The molecule has 1 heterocycles. The molecule has 0 spiro atoms. The molecular weight excluding hydrogens is 299 g/mol. The van der Waals surface area contributed by atoms with Gasteiger partial charge in [0.25, 0.3) is 5.91 Å². The predicted octanol–water partition coefficient (Wildman–Crippen LogP) is 3.16. The van der Waals surface area contributed by atoms with Crippen LogP contribution in [0.1, 0.15) is 22.3 Å². The fourth-order valence-electron chi connectivity index (χ4n) is 2.00. The molecule has 120 valence electrons. The van der Waals surface area contributed by atoms with Gasteiger partial charge in [-0.15, -0.1) is 0 Å². The molecule has 6 nitrogen and oxygen atoms in total. The van der Waals surface area contributed by atoms with Gasteiger partial charge in [0.2, 0.25) is 0 Å². The van der Waals surface area contributed by atoms with Gasteiger partial charge in [-0.25, -0.2) is 4.39 Å². The molecule has 0 saturated carbocycles. The van der Waals surface area contributed by atoms with Crippen LogP contribution in [0.3, 0.4) is 0 Å². The fourth-order valence-corrected chi connectivity index (χ4v) is 2.00. The second-order valence-electron chi connectivity index (χ2n) is 4.99. The Morgan fingerprint density at radius 3 is 2.87 bits per heavy atom. The lowest BCUT2D eigenvalue weighted by Gasteiger charge is -2.12. The maximum atomic E-state index is 13.9. The highest BCUT2D eigenvalue weighted by Crippen LogP contribution is 2.23. The molecule has 2 aromatic rings. The van der Waals surface area contributed by atoms with Gasteiger partial charge in [0.1, 0.15) is 5.82 Å². The lowest BCUT2D eigenvalue weighted by Crippen LogP contribution is -2.25. The number of hydrogen-bond donors (Lipinski definition) is 2. The Labute approximate surface area is 133 Å². The van der Waals surface area contributed by atoms with Gasteiger partial charge < -0.3 is 10.6 Å². The zero-order valence-electron chi connectivity index (χ0n) is 12.7. The number of nitrogens with zero attached hydrogens (tertiary/aromatic N) is 2. The largest absolute Gasteiger partial charge is 0.352 e. The first-order valence-corrected chi connectivity index (χ1v) is 7.16. The van der Waals surface area contributed by atoms with Crippen LogP contribution >= 0.6 is 0 Å². The molecular formula is C16H17FN4O2. The fraction of sp³-hybridized carbons (Fsp3) is 0.250. The summed E-state index contributed by atoms with van der Waals surface area (Å²) in [5.74, 6) is -0.731. The molecule has 0 aliphatic heterocycles. The predicted molar refractivity (Wildman–Crippen MR) is 86.3 cm³/mol. The Balaban J connectivity index is 2.13. The lowest BCUT2D eigenvalue weighted by atomic mass is 10.1. The molecule has 2 rings (SSSR count). The highest BCUT2D eigenvalue weighted by molar-refractivity contribution is 6.00. The molecule has 0 atom stereocenters. The first-order chi connectivity index (χ1) is 11.1. The van der Waals surface area contributed by atoms with Gasteiger partial charge in [-0.3, -0.25) is 9.78 Å². The van der Waals surface area contributed by atoms with Crippen molar-refractivity contribution in [3.8, 4) is 0 Å². The van der Waals surface area contributed by atoms with Crippen molar-refractivity contribution in [3.05, 3.63) is 58.5 Å². The standard InChI is InChI=1S/C16H17FN4O2/c1-11-3-4-14(13(17)9-11)21-15-10-18-8-5-12(15)16(22)19-6-2-7-20-23/h3-5,8-10,21H,2,6-7H2,1H3,(H,19,22). The Morgan fingerprint density at radius 2 is 2.13 bits per heavy atom. The summed E-state index contributed by atoms with van der Waals surface area (Å²) in [4.78, 5) is 26.2. The van der Waals surface area contributed by atoms with Gasteiger partial charge in [-0.2, -0.15) is 4.91 Å². The first kappa shape index (κ1) is 16.5. The summed E-state index contributed by atoms with van der Waals surface area (Å²) in [5.41, 5.74) is 1.82. The van der Waals surface area contributed by atoms with Crippen LogP contribution in [0.15, 0.2) is 41.8 Å². The van der Waals surface area contributed by atoms with Crippen molar-refractivity contribution in [3.63, 3.8) is 0 Å². The van der Waals surface area contributed by atoms with E-state index < -0.39 is 5.82 Å². The summed E-state index contributed by atoms with van der Waals surface area (Å²) in [6.07, 6.45) is 3.41. The quantitative estimate of drug-likeness (QED) is 0.607. The molecule has 1 aromatic carbocycles. The highest BCUT2D eigenvalue weighted by Gasteiger charge is 2.12. The van der Waals surface area contributed by atoms with Crippen LogP contribution in [-0.4, -0.2) is 24.0 Å². The molecule has 2 N–H and O–H groups in total. The summed E-state index contributed by atoms with van der Waals surface area (Å²) in [7, 11) is 0. The van der Waals surface area contributed by atoms with Gasteiger partial charge in [0, 0.05) is 12.7 Å². The smallest absolute Gasteiger partial charge is 0.253 e. The number of nitroso groups, excluding NO2 is 1. The minimum absolute atomic E-state index is 0.149. The molecule has 0 bridgehead atoms. The Bertz CT molecular complexity index is 706. The number of carbonyl (C=O) groups is 1. The second-order valence-corrected chi connectivity index (χ2v) is 4.99. The molecule has 0 aliphatic rings. The monoisotopic (exact) mass is 316 g/mol. The van der Waals surface area contributed by atoms with Gasteiger partial charge in [-0.1, -0.05) is 11.2 Å². The Kier molecular flexibility index (Phi) is 5.74. The molecule has 23 heavy (non-hydrogen) atoms. The van der Waals surface area contributed by atoms with Crippen molar-refractivity contribution < 1.29 is 9.18 Å². The van der Waals surface area contributed by atoms with E-state index in [1.165, 1.54) is 18.5 Å². The summed E-state index contributed by atoms with van der Waals surface area (Å²) in [6, 6.07) is 6.33. The van der Waals surface area contributed by atoms with E-state index in [0.29, 0.717) is 24.2 Å². The molecule has 1 aromatic heterocycles. The van der Waals surface area contributed by atoms with E-state index in [9.17, 15) is 14.1 Å². The van der Waals surface area contributed by atoms with E-state index in [1.54, 1.807) is 25.1 Å². The number of aromatic nitrogens is 1. The van der Waals surface area contributed by atoms with Gasteiger partial charge >= 0.3 is 0 Å². The van der Waals surface area contributed by atoms with E-state index in [0.717, 1.165) is 5.56 Å². The third-order valence-electron chi connectivity index (χ3n) is 3.17. The van der Waals surface area contributed by atoms with Crippen molar-refractivity contribution in [2.24, 2.45) is 5.18 Å². The molecule has 1 amide bonds. The van der Waals surface area contributed by atoms with E-state index in [1.807, 2.05) is 0 Å². The van der Waals surface area contributed by atoms with E-state index >= 15 is 0 Å². The van der Waals surface area contributed by atoms with Crippen molar-refractivity contribution in [1.82, 2.24) is 10.3 Å². The van der Waals surface area contributed by atoms with E-state index in [-0.39, 0.29) is 18.1 Å². The number of carbonyl (C=O) groups excluding carboxylic acids is 1. The van der Waals surface area contributed by atoms with Crippen LogP contribution in [0.5, 0.6) is 0 Å². The minimum atomic E-state index is -0.405. The maximum absolute atomic E-state index is 13.9. The van der Waals surface area contributed by atoms with E-state index in [4.69, 9.17) is 0 Å². The van der Waals surface area contributed by atoms with Gasteiger partial charge in [-0.05, 0) is 37.1 Å². The summed E-state index contributed by atoms with van der Waals surface area (Å²) in [5, 5.41) is 8.30. The number of amides is 1. The minimum Gasteiger partial charge on any atom is -0.352 e. The summed E-state index contributed by atoms with van der Waals surface area (Å²) < 4.78 is 13.9. The van der Waals surface area contributed by atoms with Crippen LogP contribution in [0.25, 0.3) is 0 Å². The average Bonchev–Trinajstić information content (AvgIpc) is 2.54. The van der Waals surface area contributed by atoms with Crippen LogP contribution in [-0.2, 0) is 0 Å². The third kappa shape index (κ3) is 4.57. The van der Waals surface area contributed by atoms with Crippen LogP contribution in [0, 0.1) is 17.6 Å². The number of aryl methyl sites for hydroxylation is 1. The normalized spacial score (nSPS) is 10.2. The van der Waals surface area contributed by atoms with E-state index in [2.05, 4.69) is 20.8 Å². The average molecular weight is 316 g/mol. The lowest BCUT2D eigenvalue weighted by molar-refractivity contribution is 0.0954. The van der Waals surface area contributed by atoms with Crippen LogP contribution in [0.2, 0.25) is 0 Å². The van der Waals surface area contributed by atoms with Crippen molar-refractivity contribution >= 4 is 17.3 Å². The Morgan fingerprint density at radius 1 is 1.30 bits per heavy atom. The number of benzene rings is 1. The number of pyridine rings is 1. The first-order valence-electron chi connectivity index (χ1n) is 7.16. The number of nitrogens with one attached hydrogen (secondary N) is 2. The van der Waals surface area contributed by atoms with Crippen LogP contribution in [0.4, 0.5) is 15.8 Å². The molecule has 0 unspecified atom stereocenters. The SMILES string of the molecule is Cc1ccc(Nc2cnccc2C(=O)NCCCN=O)c(F)c1. The number of anilines is 2. The van der Waals surface area contributed by atoms with Gasteiger partial charge in [0.15, 0.2) is 0 Å². The number of rotatable bonds is 7. The van der Waals surface area contributed by atoms with Crippen LogP contribution < -0.4 is 10.6 Å². The van der Waals surface area contributed by atoms with Crippen molar-refractivity contribution in [2.75, 3.05) is 18.4 Å². The Hall–Kier alpha value is -2.83. The topological polar surface area (TPSA) is 83.4 Å². The van der Waals surface area contributed by atoms with Crippen molar-refractivity contribution in [2.45, 2.75) is 13.3 Å². The number of hydrogen-bond acceptors (Lipinski definition) is 5. The second kappa shape index (κ2) is 7.98. The summed E-state index contributed by atoms with van der Waals surface area (Å²) >= 11 is 0. The molecule has 0 radical (unpaired) electrons.